The Hall–Kier alpha value is 3.19. The van der Waals surface area contributed by atoms with Crippen LogP contribution in [-0.4, -0.2) is 11.2 Å². The Labute approximate surface area is 162 Å². The van der Waals surface area contributed by atoms with Crippen LogP contribution >= 0.6 is 0 Å². The van der Waals surface area contributed by atoms with E-state index in [1.165, 1.54) is 0 Å². The summed E-state index contributed by atoms with van der Waals surface area (Å²) in [6.45, 7) is 9.79. The molecule has 0 saturated heterocycles. The molecular formula is C8H18K2O2. The second-order valence-electron chi connectivity index (χ2n) is 4.22. The van der Waals surface area contributed by atoms with Crippen molar-refractivity contribution in [2.45, 2.75) is 52.7 Å². The Morgan fingerprint density at radius 1 is 0.583 bits per heavy atom. The van der Waals surface area contributed by atoms with Gasteiger partial charge in [0, 0.05) is 0 Å². The maximum Gasteiger partial charge on any atom is 1.00 e. The molecule has 0 N–H and O–H groups in total. The standard InChI is InChI=1S/2C4H9O.2K/c2*1-4(2,3)5;;/h2*1-3H3;;/q2*-1;2*+1. The van der Waals surface area contributed by atoms with Crippen molar-refractivity contribution in [1.29, 1.82) is 0 Å². The largest absolute Gasteiger partial charge is 1.00 e. The van der Waals surface area contributed by atoms with Gasteiger partial charge < -0.3 is 10.2 Å². The molecule has 0 fully saturated rings. The van der Waals surface area contributed by atoms with E-state index in [9.17, 15) is 10.2 Å². The number of hydrogen-bond donors (Lipinski definition) is 0. The van der Waals surface area contributed by atoms with Gasteiger partial charge in [0.25, 0.3) is 0 Å². The van der Waals surface area contributed by atoms with Crippen LogP contribution in [-0.2, 0) is 0 Å². The van der Waals surface area contributed by atoms with Crippen LogP contribution in [0.15, 0.2) is 0 Å². The summed E-state index contributed by atoms with van der Waals surface area (Å²) in [4.78, 5) is 0. The van der Waals surface area contributed by atoms with Crippen LogP contribution in [0.25, 0.3) is 0 Å². The summed E-state index contributed by atoms with van der Waals surface area (Å²) >= 11 is 0. The van der Waals surface area contributed by atoms with Crippen molar-refractivity contribution in [3.05, 3.63) is 0 Å². The molecule has 0 spiro atoms. The Kier molecular flexibility index (Phi) is 21.8. The summed E-state index contributed by atoms with van der Waals surface area (Å²) in [5, 5.41) is 20.2. The van der Waals surface area contributed by atoms with Gasteiger partial charge in [-0.15, -0.1) is 11.2 Å². The van der Waals surface area contributed by atoms with E-state index in [1.807, 2.05) is 0 Å². The van der Waals surface area contributed by atoms with Crippen molar-refractivity contribution in [2.75, 3.05) is 0 Å². The van der Waals surface area contributed by atoms with Gasteiger partial charge in [-0.3, -0.25) is 0 Å². The first kappa shape index (κ1) is 24.4. The van der Waals surface area contributed by atoms with Gasteiger partial charge in [-0.05, 0) is 0 Å². The van der Waals surface area contributed by atoms with Crippen LogP contribution < -0.4 is 113 Å². The van der Waals surface area contributed by atoms with E-state index >= 15 is 0 Å². The molecule has 0 saturated carbocycles. The number of rotatable bonds is 0. The summed E-state index contributed by atoms with van der Waals surface area (Å²) in [7, 11) is 0. The van der Waals surface area contributed by atoms with Crippen molar-refractivity contribution in [1.82, 2.24) is 0 Å². The zero-order valence-electron chi connectivity index (χ0n) is 9.82. The van der Waals surface area contributed by atoms with Crippen LogP contribution in [0.2, 0.25) is 0 Å². The van der Waals surface area contributed by atoms with Gasteiger partial charge in [0.05, 0.1) is 0 Å². The Morgan fingerprint density at radius 2 is 0.583 bits per heavy atom. The number of hydrogen-bond acceptors (Lipinski definition) is 2. The Morgan fingerprint density at radius 3 is 0.583 bits per heavy atom. The van der Waals surface area contributed by atoms with Gasteiger partial charge in [0.2, 0.25) is 0 Å². The molecular weight excluding hydrogens is 206 g/mol. The Balaban J connectivity index is -0.0000000457. The molecule has 0 radical (unpaired) electrons. The first-order chi connectivity index (χ1) is 4.00. The third kappa shape index (κ3) is 192. The molecule has 64 valence electrons. The molecule has 0 aromatic heterocycles. The van der Waals surface area contributed by atoms with Crippen LogP contribution in [0.1, 0.15) is 41.5 Å². The molecule has 0 amide bonds. The van der Waals surface area contributed by atoms with E-state index in [4.69, 9.17) is 0 Å². The predicted octanol–water partition coefficient (Wildman–Crippen LogP) is -5.70. The average molecular weight is 224 g/mol. The molecule has 0 aromatic rings. The summed E-state index contributed by atoms with van der Waals surface area (Å²) in [6.07, 6.45) is 0. The van der Waals surface area contributed by atoms with E-state index in [0.29, 0.717) is 0 Å². The van der Waals surface area contributed by atoms with Gasteiger partial charge in [-0.2, -0.15) is 0 Å². The smallest absolute Gasteiger partial charge is 0.850 e. The quantitative estimate of drug-likeness (QED) is 0.385. The zero-order chi connectivity index (χ0) is 9.00. The van der Waals surface area contributed by atoms with Gasteiger partial charge in [-0.1, -0.05) is 41.5 Å². The minimum atomic E-state index is -0.750. The summed E-state index contributed by atoms with van der Waals surface area (Å²) < 4.78 is 0. The molecule has 2 nitrogen and oxygen atoms in total. The van der Waals surface area contributed by atoms with Gasteiger partial charge >= 0.3 is 103 Å². The van der Waals surface area contributed by atoms with Gasteiger partial charge in [0.1, 0.15) is 0 Å². The van der Waals surface area contributed by atoms with Crippen molar-refractivity contribution < 1.29 is 113 Å². The van der Waals surface area contributed by atoms with Crippen molar-refractivity contribution >= 4 is 0 Å². The minimum Gasteiger partial charge on any atom is -0.850 e. The monoisotopic (exact) mass is 224 g/mol. The van der Waals surface area contributed by atoms with Crippen LogP contribution in [0.5, 0.6) is 0 Å². The second kappa shape index (κ2) is 10.7. The van der Waals surface area contributed by atoms with Crippen LogP contribution in [0.3, 0.4) is 0 Å². The molecule has 0 aliphatic heterocycles. The Bertz CT molecular complexity index is 58.0. The van der Waals surface area contributed by atoms with E-state index in [1.54, 1.807) is 41.5 Å². The van der Waals surface area contributed by atoms with E-state index in [0.717, 1.165) is 0 Å². The van der Waals surface area contributed by atoms with Crippen molar-refractivity contribution in [2.24, 2.45) is 0 Å². The third-order valence-corrected chi connectivity index (χ3v) is 0. The minimum absolute atomic E-state index is 0. The summed E-state index contributed by atoms with van der Waals surface area (Å²) in [5.41, 5.74) is -1.50. The predicted molar refractivity (Wildman–Crippen MR) is 39.5 cm³/mol. The second-order valence-corrected chi connectivity index (χ2v) is 4.22. The molecule has 0 aliphatic carbocycles. The maximum atomic E-state index is 10.1. The molecule has 0 aromatic carbocycles. The summed E-state index contributed by atoms with van der Waals surface area (Å²) in [6, 6.07) is 0. The molecule has 0 atom stereocenters. The molecule has 12 heavy (non-hydrogen) atoms. The fraction of sp³-hybridized carbons (Fsp3) is 1.00. The topological polar surface area (TPSA) is 46.1 Å². The van der Waals surface area contributed by atoms with Gasteiger partial charge in [0.15, 0.2) is 0 Å². The molecule has 0 heterocycles. The van der Waals surface area contributed by atoms with E-state index in [-0.39, 0.29) is 103 Å². The third-order valence-electron chi connectivity index (χ3n) is 0. The van der Waals surface area contributed by atoms with Gasteiger partial charge in [-0.25, -0.2) is 0 Å². The maximum absolute atomic E-state index is 10.1. The molecule has 0 unspecified atom stereocenters. The summed E-state index contributed by atoms with van der Waals surface area (Å²) in [5.74, 6) is 0. The molecule has 0 bridgehead atoms. The first-order valence-corrected chi connectivity index (χ1v) is 3.41. The normalized spacial score (nSPS) is 10.0. The average Bonchev–Trinajstić information content (AvgIpc) is 1.12. The SMILES string of the molecule is CC(C)(C)[O-].CC(C)(C)[O-].[K+].[K+]. The molecule has 0 aliphatic rings. The first-order valence-electron chi connectivity index (χ1n) is 3.41. The van der Waals surface area contributed by atoms with Crippen molar-refractivity contribution in [3.8, 4) is 0 Å². The molecule has 0 rings (SSSR count). The van der Waals surface area contributed by atoms with E-state index < -0.39 is 11.2 Å². The van der Waals surface area contributed by atoms with E-state index in [2.05, 4.69) is 0 Å². The zero-order valence-corrected chi connectivity index (χ0v) is 16.1. The van der Waals surface area contributed by atoms with Crippen LogP contribution in [0, 0.1) is 0 Å². The van der Waals surface area contributed by atoms with Crippen molar-refractivity contribution in [3.63, 3.8) is 0 Å². The fourth-order valence-electron chi connectivity index (χ4n) is 0. The fourth-order valence-corrected chi connectivity index (χ4v) is 0. The van der Waals surface area contributed by atoms with Crippen LogP contribution in [0.4, 0.5) is 0 Å². The molecule has 4 heteroatoms.